The van der Waals surface area contributed by atoms with Gasteiger partial charge in [-0.05, 0) is 42.9 Å². The fourth-order valence-corrected chi connectivity index (χ4v) is 5.30. The minimum atomic E-state index is -0.0372. The SMILES string of the molecule is CCc1cccc(NC(=O)CSc2ncnc3nc(N4CCC(C)CC4)sc23)c1. The molecule has 0 bridgehead atoms. The van der Waals surface area contributed by atoms with E-state index < -0.39 is 0 Å². The largest absolute Gasteiger partial charge is 0.348 e. The summed E-state index contributed by atoms with van der Waals surface area (Å²) in [5, 5.41) is 4.80. The molecule has 1 fully saturated rings. The molecular weight excluding hydrogens is 402 g/mol. The van der Waals surface area contributed by atoms with Gasteiger partial charge in [0.25, 0.3) is 0 Å². The van der Waals surface area contributed by atoms with E-state index in [1.807, 2.05) is 18.2 Å². The van der Waals surface area contributed by atoms with Gasteiger partial charge in [0, 0.05) is 18.8 Å². The maximum atomic E-state index is 12.4. The van der Waals surface area contributed by atoms with E-state index in [2.05, 4.69) is 40.1 Å². The van der Waals surface area contributed by atoms with Crippen molar-refractivity contribution >= 4 is 50.2 Å². The molecule has 2 aromatic heterocycles. The third-order valence-corrected chi connectivity index (χ3v) is 7.39. The summed E-state index contributed by atoms with van der Waals surface area (Å²) in [6.45, 7) is 6.48. The lowest BCUT2D eigenvalue weighted by Crippen LogP contribution is -2.32. The number of hydrogen-bond donors (Lipinski definition) is 1. The van der Waals surface area contributed by atoms with Crippen LogP contribution in [0.4, 0.5) is 10.8 Å². The van der Waals surface area contributed by atoms with Crippen molar-refractivity contribution in [3.63, 3.8) is 0 Å². The van der Waals surface area contributed by atoms with Gasteiger partial charge < -0.3 is 10.2 Å². The van der Waals surface area contributed by atoms with Crippen molar-refractivity contribution in [3.05, 3.63) is 36.2 Å². The van der Waals surface area contributed by atoms with Crippen molar-refractivity contribution in [1.29, 1.82) is 0 Å². The molecule has 0 atom stereocenters. The third kappa shape index (κ3) is 4.87. The Labute approximate surface area is 179 Å². The number of piperidine rings is 1. The molecule has 1 saturated heterocycles. The van der Waals surface area contributed by atoms with Gasteiger partial charge in [0.05, 0.1) is 5.75 Å². The highest BCUT2D eigenvalue weighted by molar-refractivity contribution is 8.00. The van der Waals surface area contributed by atoms with Gasteiger partial charge in [-0.2, -0.15) is 4.98 Å². The number of aromatic nitrogens is 3. The quantitative estimate of drug-likeness (QED) is 0.457. The second kappa shape index (κ2) is 9.09. The number of carbonyl (C=O) groups excluding carboxylic acids is 1. The van der Waals surface area contributed by atoms with E-state index in [1.165, 1.54) is 36.5 Å². The zero-order valence-corrected chi connectivity index (χ0v) is 18.4. The summed E-state index contributed by atoms with van der Waals surface area (Å²) in [6.07, 6.45) is 4.88. The summed E-state index contributed by atoms with van der Waals surface area (Å²) >= 11 is 3.07. The Balaban J connectivity index is 1.43. The molecule has 0 unspecified atom stereocenters. The molecule has 1 amide bonds. The number of amides is 1. The number of aryl methyl sites for hydroxylation is 1. The standard InChI is InChI=1S/C21H25N5OS2/c1-3-15-5-4-6-16(11-15)24-17(27)12-28-20-18-19(22-13-23-20)25-21(29-18)26-9-7-14(2)8-10-26/h4-6,11,13-14H,3,7-10,12H2,1-2H3,(H,24,27). The minimum Gasteiger partial charge on any atom is -0.348 e. The molecule has 0 spiro atoms. The molecule has 1 aliphatic rings. The fourth-order valence-electron chi connectivity index (χ4n) is 3.36. The second-order valence-corrected chi connectivity index (χ2v) is 9.33. The first-order valence-corrected chi connectivity index (χ1v) is 11.8. The maximum absolute atomic E-state index is 12.4. The predicted molar refractivity (Wildman–Crippen MR) is 121 cm³/mol. The van der Waals surface area contributed by atoms with Gasteiger partial charge in [0.1, 0.15) is 16.1 Å². The summed E-state index contributed by atoms with van der Waals surface area (Å²) in [5.74, 6) is 1.05. The highest BCUT2D eigenvalue weighted by Gasteiger charge is 2.20. The van der Waals surface area contributed by atoms with E-state index in [9.17, 15) is 4.79 Å². The molecular formula is C21H25N5OS2. The number of thiazole rings is 1. The molecule has 4 rings (SSSR count). The maximum Gasteiger partial charge on any atom is 0.234 e. The molecule has 6 nitrogen and oxygen atoms in total. The van der Waals surface area contributed by atoms with Crippen LogP contribution in [0.25, 0.3) is 10.3 Å². The molecule has 3 heterocycles. The van der Waals surface area contributed by atoms with Crippen molar-refractivity contribution in [2.45, 2.75) is 38.1 Å². The van der Waals surface area contributed by atoms with Crippen LogP contribution in [-0.2, 0) is 11.2 Å². The van der Waals surface area contributed by atoms with Crippen LogP contribution in [0, 0.1) is 5.92 Å². The van der Waals surface area contributed by atoms with Crippen LogP contribution in [0.3, 0.4) is 0 Å². The minimum absolute atomic E-state index is 0.0372. The molecule has 1 N–H and O–H groups in total. The highest BCUT2D eigenvalue weighted by atomic mass is 32.2. The average Bonchev–Trinajstić information content (AvgIpc) is 3.18. The van der Waals surface area contributed by atoms with Gasteiger partial charge in [-0.25, -0.2) is 9.97 Å². The van der Waals surface area contributed by atoms with Crippen LogP contribution >= 0.6 is 23.1 Å². The predicted octanol–water partition coefficient (Wildman–Crippen LogP) is 4.62. The number of benzene rings is 1. The van der Waals surface area contributed by atoms with E-state index in [4.69, 9.17) is 4.98 Å². The smallest absolute Gasteiger partial charge is 0.234 e. The first-order valence-electron chi connectivity index (χ1n) is 10.0. The summed E-state index contributed by atoms with van der Waals surface area (Å²) in [4.78, 5) is 28.2. The first kappa shape index (κ1) is 20.1. The van der Waals surface area contributed by atoms with Crippen molar-refractivity contribution in [2.24, 2.45) is 5.92 Å². The fraction of sp³-hybridized carbons (Fsp3) is 0.429. The summed E-state index contributed by atoms with van der Waals surface area (Å²) in [5.41, 5.74) is 2.76. The Morgan fingerprint density at radius 1 is 1.31 bits per heavy atom. The third-order valence-electron chi connectivity index (χ3n) is 5.16. The van der Waals surface area contributed by atoms with Gasteiger partial charge >= 0.3 is 0 Å². The Bertz CT molecular complexity index is 998. The van der Waals surface area contributed by atoms with E-state index in [-0.39, 0.29) is 5.91 Å². The van der Waals surface area contributed by atoms with Crippen LogP contribution in [0.15, 0.2) is 35.6 Å². The van der Waals surface area contributed by atoms with Gasteiger partial charge in [-0.3, -0.25) is 4.79 Å². The van der Waals surface area contributed by atoms with E-state index in [0.29, 0.717) is 5.75 Å². The van der Waals surface area contributed by atoms with Crippen LogP contribution in [0.1, 0.15) is 32.3 Å². The van der Waals surface area contributed by atoms with Crippen LogP contribution < -0.4 is 10.2 Å². The molecule has 3 aromatic rings. The van der Waals surface area contributed by atoms with Gasteiger partial charge in [0.2, 0.25) is 5.91 Å². The van der Waals surface area contributed by atoms with E-state index in [1.54, 1.807) is 11.3 Å². The number of carbonyl (C=O) groups is 1. The molecule has 152 valence electrons. The van der Waals surface area contributed by atoms with Crippen molar-refractivity contribution in [1.82, 2.24) is 15.0 Å². The van der Waals surface area contributed by atoms with Crippen LogP contribution in [0.2, 0.25) is 0 Å². The molecule has 0 saturated carbocycles. The molecule has 0 aliphatic carbocycles. The van der Waals surface area contributed by atoms with Gasteiger partial charge in [-0.15, -0.1) is 0 Å². The molecule has 0 radical (unpaired) electrons. The topological polar surface area (TPSA) is 71.0 Å². The number of nitrogens with zero attached hydrogens (tertiary/aromatic N) is 4. The lowest BCUT2D eigenvalue weighted by molar-refractivity contribution is -0.113. The number of anilines is 2. The summed E-state index contributed by atoms with van der Waals surface area (Å²) in [7, 11) is 0. The number of nitrogens with one attached hydrogen (secondary N) is 1. The first-order chi connectivity index (χ1) is 14.1. The van der Waals surface area contributed by atoms with Gasteiger partial charge in [0.15, 0.2) is 10.8 Å². The average molecular weight is 428 g/mol. The number of thioether (sulfide) groups is 1. The summed E-state index contributed by atoms with van der Waals surface area (Å²) in [6, 6.07) is 7.96. The molecule has 8 heteroatoms. The number of fused-ring (bicyclic) bond motifs is 1. The van der Waals surface area contributed by atoms with Crippen molar-refractivity contribution in [3.8, 4) is 0 Å². The normalized spacial score (nSPS) is 15.0. The molecule has 1 aliphatic heterocycles. The van der Waals surface area contributed by atoms with Crippen molar-refractivity contribution in [2.75, 3.05) is 29.1 Å². The molecule has 29 heavy (non-hydrogen) atoms. The van der Waals surface area contributed by atoms with Crippen molar-refractivity contribution < 1.29 is 4.79 Å². The van der Waals surface area contributed by atoms with Crippen LogP contribution in [-0.4, -0.2) is 39.7 Å². The van der Waals surface area contributed by atoms with Gasteiger partial charge in [-0.1, -0.05) is 49.1 Å². The lowest BCUT2D eigenvalue weighted by atomic mass is 10.00. The zero-order chi connectivity index (χ0) is 20.2. The van der Waals surface area contributed by atoms with E-state index >= 15 is 0 Å². The lowest BCUT2D eigenvalue weighted by Gasteiger charge is -2.29. The van der Waals surface area contributed by atoms with E-state index in [0.717, 1.165) is 51.6 Å². The number of rotatable bonds is 6. The highest BCUT2D eigenvalue weighted by Crippen LogP contribution is 2.35. The number of hydrogen-bond acceptors (Lipinski definition) is 7. The zero-order valence-electron chi connectivity index (χ0n) is 16.7. The molecule has 1 aromatic carbocycles. The second-order valence-electron chi connectivity index (χ2n) is 7.39. The monoisotopic (exact) mass is 427 g/mol. The van der Waals surface area contributed by atoms with Crippen LogP contribution in [0.5, 0.6) is 0 Å². The Kier molecular flexibility index (Phi) is 6.30. The summed E-state index contributed by atoms with van der Waals surface area (Å²) < 4.78 is 0.965. The Hall–Kier alpha value is -2.19. The Morgan fingerprint density at radius 2 is 2.14 bits per heavy atom. The Morgan fingerprint density at radius 3 is 2.93 bits per heavy atom.